The minimum absolute atomic E-state index is 0.0137. The monoisotopic (exact) mass is 459 g/mol. The third kappa shape index (κ3) is 4.66. The Morgan fingerprint density at radius 2 is 1.38 bits per heavy atom. The van der Waals surface area contributed by atoms with Crippen molar-refractivity contribution in [3.63, 3.8) is 0 Å². The van der Waals surface area contributed by atoms with Gasteiger partial charge >= 0.3 is 11.8 Å². The predicted molar refractivity (Wildman–Crippen MR) is 129 cm³/mol. The van der Waals surface area contributed by atoms with Crippen LogP contribution in [0, 0.1) is 6.92 Å². The summed E-state index contributed by atoms with van der Waals surface area (Å²) in [6.07, 6.45) is 3.76. The van der Waals surface area contributed by atoms with Gasteiger partial charge in [-0.2, -0.15) is 4.98 Å². The van der Waals surface area contributed by atoms with E-state index in [0.29, 0.717) is 37.6 Å². The fourth-order valence-corrected chi connectivity index (χ4v) is 4.53. The average molecular weight is 460 g/mol. The molecule has 8 heteroatoms. The van der Waals surface area contributed by atoms with E-state index in [0.717, 1.165) is 24.2 Å². The zero-order valence-electron chi connectivity index (χ0n) is 19.4. The Morgan fingerprint density at radius 3 is 2.03 bits per heavy atom. The van der Waals surface area contributed by atoms with Gasteiger partial charge in [0.1, 0.15) is 0 Å². The fourth-order valence-electron chi connectivity index (χ4n) is 4.53. The number of rotatable bonds is 4. The molecule has 34 heavy (non-hydrogen) atoms. The van der Waals surface area contributed by atoms with Gasteiger partial charge in [-0.25, -0.2) is 0 Å². The first-order valence-electron chi connectivity index (χ1n) is 11.9. The second-order valence-electron chi connectivity index (χ2n) is 8.97. The van der Waals surface area contributed by atoms with Crippen LogP contribution in [-0.2, 0) is 0 Å². The molecule has 2 fully saturated rings. The number of carbonyl (C=O) groups excluding carboxylic acids is 2. The predicted octanol–water partition coefficient (Wildman–Crippen LogP) is 3.63. The van der Waals surface area contributed by atoms with Gasteiger partial charge in [0.2, 0.25) is 5.82 Å². The van der Waals surface area contributed by atoms with Crippen molar-refractivity contribution in [1.29, 1.82) is 0 Å². The second-order valence-corrected chi connectivity index (χ2v) is 8.97. The second kappa shape index (κ2) is 9.67. The first kappa shape index (κ1) is 22.1. The third-order valence-corrected chi connectivity index (χ3v) is 6.61. The number of piperazine rings is 1. The molecule has 2 saturated heterocycles. The van der Waals surface area contributed by atoms with Crippen LogP contribution in [0.15, 0.2) is 53.1 Å². The Morgan fingerprint density at radius 1 is 0.765 bits per heavy atom. The number of hydrogen-bond acceptors (Lipinski definition) is 6. The van der Waals surface area contributed by atoms with E-state index in [1.807, 2.05) is 43.3 Å². The van der Waals surface area contributed by atoms with Gasteiger partial charge in [0, 0.05) is 56.1 Å². The molecule has 0 aliphatic carbocycles. The molecule has 5 rings (SSSR count). The SMILES string of the molecule is Cc1ccc(C(=O)N2CCN(C(=O)c3nc(-c4ccc(N5CCCCC5)cc4)no3)CC2)cc1. The van der Waals surface area contributed by atoms with Crippen LogP contribution >= 0.6 is 0 Å². The molecule has 0 N–H and O–H groups in total. The Bertz CT molecular complexity index is 1140. The molecule has 3 aromatic rings. The van der Waals surface area contributed by atoms with Crippen LogP contribution in [0.25, 0.3) is 11.4 Å². The van der Waals surface area contributed by atoms with E-state index in [1.54, 1.807) is 9.80 Å². The van der Waals surface area contributed by atoms with Gasteiger partial charge < -0.3 is 19.2 Å². The van der Waals surface area contributed by atoms with Crippen LogP contribution in [0.5, 0.6) is 0 Å². The number of hydrogen-bond donors (Lipinski definition) is 0. The molecule has 0 atom stereocenters. The summed E-state index contributed by atoms with van der Waals surface area (Å²) < 4.78 is 5.29. The van der Waals surface area contributed by atoms with E-state index < -0.39 is 0 Å². The van der Waals surface area contributed by atoms with Gasteiger partial charge in [-0.1, -0.05) is 22.9 Å². The van der Waals surface area contributed by atoms with Crippen molar-refractivity contribution in [3.8, 4) is 11.4 Å². The lowest BCUT2D eigenvalue weighted by Crippen LogP contribution is -2.50. The minimum atomic E-state index is -0.300. The maximum atomic E-state index is 12.9. The summed E-state index contributed by atoms with van der Waals surface area (Å²) in [5.41, 5.74) is 3.79. The molecular formula is C26H29N5O3. The molecule has 0 unspecified atom stereocenters. The van der Waals surface area contributed by atoms with Gasteiger partial charge in [-0.15, -0.1) is 0 Å². The molecule has 2 aliphatic rings. The number of carbonyl (C=O) groups is 2. The van der Waals surface area contributed by atoms with Crippen LogP contribution in [0.1, 0.15) is 45.9 Å². The summed E-state index contributed by atoms with van der Waals surface area (Å²) in [5, 5.41) is 4.02. The molecule has 0 spiro atoms. The lowest BCUT2D eigenvalue weighted by molar-refractivity contribution is 0.0508. The van der Waals surface area contributed by atoms with Crippen molar-refractivity contribution in [3.05, 3.63) is 65.5 Å². The number of aryl methyl sites for hydroxylation is 1. The number of amides is 2. The number of benzene rings is 2. The molecule has 8 nitrogen and oxygen atoms in total. The van der Waals surface area contributed by atoms with Crippen molar-refractivity contribution in [2.75, 3.05) is 44.2 Å². The first-order valence-corrected chi connectivity index (χ1v) is 11.9. The van der Waals surface area contributed by atoms with Crippen LogP contribution < -0.4 is 4.90 Å². The molecule has 0 radical (unpaired) electrons. The van der Waals surface area contributed by atoms with Gasteiger partial charge in [0.25, 0.3) is 5.91 Å². The highest BCUT2D eigenvalue weighted by molar-refractivity contribution is 5.95. The number of aromatic nitrogens is 2. The van der Waals surface area contributed by atoms with Crippen molar-refractivity contribution < 1.29 is 14.1 Å². The lowest BCUT2D eigenvalue weighted by atomic mass is 10.1. The largest absolute Gasteiger partial charge is 0.372 e. The summed E-state index contributed by atoms with van der Waals surface area (Å²) in [6.45, 7) is 5.96. The average Bonchev–Trinajstić information content (AvgIpc) is 3.39. The number of anilines is 1. The highest BCUT2D eigenvalue weighted by Gasteiger charge is 2.28. The molecule has 0 saturated carbocycles. The molecule has 0 bridgehead atoms. The molecular weight excluding hydrogens is 430 g/mol. The summed E-state index contributed by atoms with van der Waals surface area (Å²) in [7, 11) is 0. The highest BCUT2D eigenvalue weighted by Crippen LogP contribution is 2.24. The van der Waals surface area contributed by atoms with Crippen molar-refractivity contribution in [2.45, 2.75) is 26.2 Å². The smallest absolute Gasteiger partial charge is 0.316 e. The quantitative estimate of drug-likeness (QED) is 0.593. The summed E-state index contributed by atoms with van der Waals surface area (Å²) in [6, 6.07) is 15.6. The molecule has 2 amide bonds. The van der Waals surface area contributed by atoms with Crippen LogP contribution in [0.3, 0.4) is 0 Å². The molecule has 176 valence electrons. The maximum absolute atomic E-state index is 12.9. The molecule has 2 aliphatic heterocycles. The molecule has 1 aromatic heterocycles. The van der Waals surface area contributed by atoms with E-state index in [-0.39, 0.29) is 17.7 Å². The van der Waals surface area contributed by atoms with Gasteiger partial charge in [-0.3, -0.25) is 9.59 Å². The standard InChI is InChI=1S/C26H29N5O3/c1-19-5-7-21(8-6-19)25(32)30-15-17-31(18-16-30)26(33)24-27-23(28-34-24)20-9-11-22(12-10-20)29-13-3-2-4-14-29/h5-12H,2-4,13-18H2,1H3. The minimum Gasteiger partial charge on any atom is -0.372 e. The first-order chi connectivity index (χ1) is 16.6. The lowest BCUT2D eigenvalue weighted by Gasteiger charge is -2.34. The Kier molecular flexibility index (Phi) is 6.29. The van der Waals surface area contributed by atoms with Gasteiger partial charge in [0.15, 0.2) is 0 Å². The maximum Gasteiger partial charge on any atom is 0.316 e. The van der Waals surface area contributed by atoms with E-state index in [2.05, 4.69) is 27.2 Å². The Hall–Kier alpha value is -3.68. The van der Waals surface area contributed by atoms with E-state index in [1.165, 1.54) is 24.9 Å². The van der Waals surface area contributed by atoms with Crippen molar-refractivity contribution in [2.24, 2.45) is 0 Å². The van der Waals surface area contributed by atoms with E-state index in [9.17, 15) is 9.59 Å². The molecule has 3 heterocycles. The molecule has 2 aromatic carbocycles. The summed E-state index contributed by atoms with van der Waals surface area (Å²) >= 11 is 0. The van der Waals surface area contributed by atoms with E-state index in [4.69, 9.17) is 4.52 Å². The topological polar surface area (TPSA) is 82.8 Å². The Labute approximate surface area is 199 Å². The normalized spacial score (nSPS) is 16.6. The van der Waals surface area contributed by atoms with Crippen molar-refractivity contribution >= 4 is 17.5 Å². The summed E-state index contributed by atoms with van der Waals surface area (Å²) in [4.78, 5) is 35.8. The zero-order valence-corrected chi connectivity index (χ0v) is 19.4. The van der Waals surface area contributed by atoms with E-state index >= 15 is 0 Å². The fraction of sp³-hybridized carbons (Fsp3) is 0.385. The van der Waals surface area contributed by atoms with Crippen LogP contribution in [0.2, 0.25) is 0 Å². The third-order valence-electron chi connectivity index (χ3n) is 6.61. The van der Waals surface area contributed by atoms with Crippen LogP contribution in [-0.4, -0.2) is 71.0 Å². The van der Waals surface area contributed by atoms with Crippen molar-refractivity contribution in [1.82, 2.24) is 19.9 Å². The number of nitrogens with zero attached hydrogens (tertiary/aromatic N) is 5. The zero-order chi connectivity index (χ0) is 23.5. The Balaban J connectivity index is 1.19. The summed E-state index contributed by atoms with van der Waals surface area (Å²) in [5.74, 6) is 0.0708. The highest BCUT2D eigenvalue weighted by atomic mass is 16.5. The van der Waals surface area contributed by atoms with Crippen LogP contribution in [0.4, 0.5) is 5.69 Å². The number of piperidine rings is 1. The van der Waals surface area contributed by atoms with Gasteiger partial charge in [0.05, 0.1) is 0 Å². The van der Waals surface area contributed by atoms with Gasteiger partial charge in [-0.05, 0) is 62.6 Å².